The molecule has 0 radical (unpaired) electrons. The van der Waals surface area contributed by atoms with E-state index in [1.54, 1.807) is 0 Å². The second kappa shape index (κ2) is 7.28. The molecule has 0 saturated carbocycles. The molecule has 1 aliphatic heterocycles. The second-order valence-corrected chi connectivity index (χ2v) is 4.95. The van der Waals surface area contributed by atoms with E-state index in [9.17, 15) is 0 Å². The third-order valence-electron chi connectivity index (χ3n) is 3.24. The molecule has 0 amide bonds. The largest absolute Gasteiger partial charge is 0.378 e. The molecule has 1 fully saturated rings. The number of hydrogen-bond acceptors (Lipinski definition) is 5. The minimum Gasteiger partial charge on any atom is -0.378 e. The standard InChI is InChI=1S/C14H24N4O/c1-3-15-14-17-11(2)10-13(18-14)16-8-7-12-6-4-5-9-19-12/h10,12H,3-9H2,1-2H3,(H2,15,16,17,18). The van der Waals surface area contributed by atoms with E-state index >= 15 is 0 Å². The van der Waals surface area contributed by atoms with Gasteiger partial charge in [0.1, 0.15) is 5.82 Å². The van der Waals surface area contributed by atoms with Crippen molar-refractivity contribution in [2.75, 3.05) is 30.3 Å². The van der Waals surface area contributed by atoms with Crippen LogP contribution in [0.25, 0.3) is 0 Å². The normalized spacial score (nSPS) is 19.2. The summed E-state index contributed by atoms with van der Waals surface area (Å²) in [6.07, 6.45) is 5.15. The molecule has 1 saturated heterocycles. The van der Waals surface area contributed by atoms with Crippen molar-refractivity contribution in [2.24, 2.45) is 0 Å². The Labute approximate surface area is 115 Å². The van der Waals surface area contributed by atoms with E-state index in [1.807, 2.05) is 19.9 Å². The molecule has 0 spiro atoms. The Morgan fingerprint density at radius 2 is 2.21 bits per heavy atom. The number of hydrogen-bond donors (Lipinski definition) is 2. The molecule has 0 aliphatic carbocycles. The molecule has 1 aromatic rings. The van der Waals surface area contributed by atoms with Crippen LogP contribution in [-0.4, -0.2) is 35.8 Å². The Kier molecular flexibility index (Phi) is 5.39. The number of nitrogens with zero attached hydrogens (tertiary/aromatic N) is 2. The molecule has 1 unspecified atom stereocenters. The van der Waals surface area contributed by atoms with Crippen molar-refractivity contribution in [3.05, 3.63) is 11.8 Å². The van der Waals surface area contributed by atoms with E-state index in [4.69, 9.17) is 4.74 Å². The quantitative estimate of drug-likeness (QED) is 0.827. The fourth-order valence-corrected chi connectivity index (χ4v) is 2.29. The number of aryl methyl sites for hydroxylation is 1. The van der Waals surface area contributed by atoms with Gasteiger partial charge in [-0.25, -0.2) is 4.98 Å². The molecule has 5 heteroatoms. The molecule has 5 nitrogen and oxygen atoms in total. The van der Waals surface area contributed by atoms with Gasteiger partial charge >= 0.3 is 0 Å². The van der Waals surface area contributed by atoms with Gasteiger partial charge in [0.05, 0.1) is 6.10 Å². The smallest absolute Gasteiger partial charge is 0.224 e. The van der Waals surface area contributed by atoms with Crippen LogP contribution in [-0.2, 0) is 4.74 Å². The molecule has 19 heavy (non-hydrogen) atoms. The lowest BCUT2D eigenvalue weighted by Gasteiger charge is -2.22. The first-order valence-electron chi connectivity index (χ1n) is 7.23. The molecular formula is C14H24N4O. The van der Waals surface area contributed by atoms with Crippen LogP contribution < -0.4 is 10.6 Å². The van der Waals surface area contributed by atoms with Gasteiger partial charge in [0.2, 0.25) is 5.95 Å². The highest BCUT2D eigenvalue weighted by atomic mass is 16.5. The maximum atomic E-state index is 5.72. The summed E-state index contributed by atoms with van der Waals surface area (Å²) in [5.41, 5.74) is 0.974. The van der Waals surface area contributed by atoms with Crippen LogP contribution in [0.5, 0.6) is 0 Å². The average Bonchev–Trinajstić information content (AvgIpc) is 2.40. The Morgan fingerprint density at radius 3 is 2.95 bits per heavy atom. The van der Waals surface area contributed by atoms with Crippen LogP contribution in [0.2, 0.25) is 0 Å². The average molecular weight is 264 g/mol. The number of aromatic nitrogens is 2. The van der Waals surface area contributed by atoms with Gasteiger partial charge < -0.3 is 15.4 Å². The first-order valence-corrected chi connectivity index (χ1v) is 7.23. The molecule has 106 valence electrons. The zero-order valence-corrected chi connectivity index (χ0v) is 11.9. The second-order valence-electron chi connectivity index (χ2n) is 4.95. The molecule has 2 rings (SSSR count). The summed E-state index contributed by atoms with van der Waals surface area (Å²) in [5.74, 6) is 1.58. The van der Waals surface area contributed by atoms with E-state index in [0.717, 1.165) is 37.6 Å². The van der Waals surface area contributed by atoms with E-state index < -0.39 is 0 Å². The fraction of sp³-hybridized carbons (Fsp3) is 0.714. The zero-order chi connectivity index (χ0) is 13.5. The number of rotatable bonds is 6. The number of nitrogens with one attached hydrogen (secondary N) is 2. The maximum Gasteiger partial charge on any atom is 0.224 e. The van der Waals surface area contributed by atoms with E-state index in [-0.39, 0.29) is 0 Å². The van der Waals surface area contributed by atoms with Crippen molar-refractivity contribution in [1.29, 1.82) is 0 Å². The van der Waals surface area contributed by atoms with Gasteiger partial charge in [-0.2, -0.15) is 4.98 Å². The van der Waals surface area contributed by atoms with E-state index in [2.05, 4.69) is 20.6 Å². The third-order valence-corrected chi connectivity index (χ3v) is 3.24. The third kappa shape index (κ3) is 4.67. The van der Waals surface area contributed by atoms with Crippen molar-refractivity contribution in [2.45, 2.75) is 45.6 Å². The highest BCUT2D eigenvalue weighted by molar-refractivity contribution is 5.41. The van der Waals surface area contributed by atoms with Gasteiger partial charge in [0.15, 0.2) is 0 Å². The molecule has 2 heterocycles. The minimum absolute atomic E-state index is 0.414. The minimum atomic E-state index is 0.414. The lowest BCUT2D eigenvalue weighted by molar-refractivity contribution is 0.0134. The van der Waals surface area contributed by atoms with Gasteiger partial charge in [-0.15, -0.1) is 0 Å². The lowest BCUT2D eigenvalue weighted by atomic mass is 10.1. The Hall–Kier alpha value is -1.36. The van der Waals surface area contributed by atoms with E-state index in [0.29, 0.717) is 12.1 Å². The Morgan fingerprint density at radius 1 is 1.32 bits per heavy atom. The van der Waals surface area contributed by atoms with Gasteiger partial charge in [-0.05, 0) is 39.5 Å². The van der Waals surface area contributed by atoms with Crippen molar-refractivity contribution >= 4 is 11.8 Å². The summed E-state index contributed by atoms with van der Waals surface area (Å²) < 4.78 is 5.72. The monoisotopic (exact) mass is 264 g/mol. The molecule has 1 aromatic heterocycles. The van der Waals surface area contributed by atoms with Crippen molar-refractivity contribution in [3.63, 3.8) is 0 Å². The maximum absolute atomic E-state index is 5.72. The molecule has 1 aliphatic rings. The van der Waals surface area contributed by atoms with Crippen molar-refractivity contribution in [1.82, 2.24) is 9.97 Å². The SMILES string of the molecule is CCNc1nc(C)cc(NCCC2CCCCO2)n1. The number of ether oxygens (including phenoxy) is 1. The summed E-state index contributed by atoms with van der Waals surface area (Å²) >= 11 is 0. The summed E-state index contributed by atoms with van der Waals surface area (Å²) in [5, 5.41) is 6.50. The first kappa shape index (κ1) is 14.1. The highest BCUT2D eigenvalue weighted by Gasteiger charge is 2.13. The fourth-order valence-electron chi connectivity index (χ4n) is 2.29. The van der Waals surface area contributed by atoms with Gasteiger partial charge in [-0.1, -0.05) is 0 Å². The van der Waals surface area contributed by atoms with Crippen LogP contribution in [0, 0.1) is 6.92 Å². The van der Waals surface area contributed by atoms with Gasteiger partial charge in [0, 0.05) is 31.5 Å². The Balaban J connectivity index is 1.81. The Bertz CT molecular complexity index is 391. The van der Waals surface area contributed by atoms with Crippen LogP contribution in [0.3, 0.4) is 0 Å². The van der Waals surface area contributed by atoms with Crippen molar-refractivity contribution in [3.8, 4) is 0 Å². The molecular weight excluding hydrogens is 240 g/mol. The summed E-state index contributed by atoms with van der Waals surface area (Å²) in [4.78, 5) is 8.77. The molecule has 0 aromatic carbocycles. The topological polar surface area (TPSA) is 59.1 Å². The zero-order valence-electron chi connectivity index (χ0n) is 11.9. The predicted molar refractivity (Wildman–Crippen MR) is 77.6 cm³/mol. The summed E-state index contributed by atoms with van der Waals surface area (Å²) in [6, 6.07) is 1.97. The van der Waals surface area contributed by atoms with E-state index in [1.165, 1.54) is 19.3 Å². The van der Waals surface area contributed by atoms with Crippen LogP contribution in [0.1, 0.15) is 38.3 Å². The highest BCUT2D eigenvalue weighted by Crippen LogP contribution is 2.16. The van der Waals surface area contributed by atoms with Crippen molar-refractivity contribution < 1.29 is 4.74 Å². The lowest BCUT2D eigenvalue weighted by Crippen LogP contribution is -2.22. The summed E-state index contributed by atoms with van der Waals surface area (Å²) in [7, 11) is 0. The number of anilines is 2. The van der Waals surface area contributed by atoms with Gasteiger partial charge in [0.25, 0.3) is 0 Å². The summed E-state index contributed by atoms with van der Waals surface area (Å²) in [6.45, 7) is 6.67. The van der Waals surface area contributed by atoms with Crippen LogP contribution in [0.4, 0.5) is 11.8 Å². The first-order chi connectivity index (χ1) is 9.28. The molecule has 1 atom stereocenters. The van der Waals surface area contributed by atoms with Crippen LogP contribution in [0.15, 0.2) is 6.07 Å². The molecule has 0 bridgehead atoms. The van der Waals surface area contributed by atoms with Gasteiger partial charge in [-0.3, -0.25) is 0 Å². The molecule has 2 N–H and O–H groups in total. The van der Waals surface area contributed by atoms with Crippen LogP contribution >= 0.6 is 0 Å². The predicted octanol–water partition coefficient (Wildman–Crippen LogP) is 2.59.